The van der Waals surface area contributed by atoms with Crippen molar-refractivity contribution in [2.45, 2.75) is 6.54 Å². The van der Waals surface area contributed by atoms with Crippen molar-refractivity contribution < 1.29 is 9.18 Å². The van der Waals surface area contributed by atoms with Gasteiger partial charge in [0.15, 0.2) is 11.3 Å². The van der Waals surface area contributed by atoms with E-state index in [9.17, 15) is 9.18 Å². The molecule has 0 atom stereocenters. The van der Waals surface area contributed by atoms with Crippen LogP contribution in [0.4, 0.5) is 4.39 Å². The third-order valence-corrected chi connectivity index (χ3v) is 3.93. The minimum atomic E-state index is -0.314. The van der Waals surface area contributed by atoms with Crippen molar-refractivity contribution in [2.75, 3.05) is 14.1 Å². The van der Waals surface area contributed by atoms with E-state index in [0.717, 1.165) is 16.7 Å². The van der Waals surface area contributed by atoms with Gasteiger partial charge in [-0.25, -0.2) is 9.07 Å². The summed E-state index contributed by atoms with van der Waals surface area (Å²) in [5.74, 6) is -0.398. The molecule has 0 N–H and O–H groups in total. The first kappa shape index (κ1) is 16.7. The van der Waals surface area contributed by atoms with E-state index in [1.807, 2.05) is 12.1 Å². The molecular weight excluding hydrogens is 319 g/mol. The molecule has 5 nitrogen and oxygen atoms in total. The predicted molar refractivity (Wildman–Crippen MR) is 94.0 cm³/mol. The molecule has 25 heavy (non-hydrogen) atoms. The van der Waals surface area contributed by atoms with Crippen LogP contribution in [-0.4, -0.2) is 39.7 Å². The molecular formula is C19H18FN4O+. The summed E-state index contributed by atoms with van der Waals surface area (Å²) in [6.07, 6.45) is 3.37. The van der Waals surface area contributed by atoms with Crippen molar-refractivity contribution in [1.29, 1.82) is 0 Å². The molecule has 0 aliphatic carbocycles. The Morgan fingerprint density at radius 1 is 1.12 bits per heavy atom. The normalized spacial score (nSPS) is 10.7. The topological polar surface area (TPSA) is 51.0 Å². The standard InChI is InChI=1S/C19H18FN4O/c1-13-18(14-8-10-21-11-9-14)19(15-4-6-16(20)7-5-15)22-24(13)12-17(25)23(2)3/h4-11H,1,12H2,2-3H3/q+1. The maximum Gasteiger partial charge on any atom is 0.243 e. The Balaban J connectivity index is 2.15. The lowest BCUT2D eigenvalue weighted by Gasteiger charge is -2.09. The molecule has 126 valence electrons. The highest BCUT2D eigenvalue weighted by molar-refractivity contribution is 5.84. The molecule has 0 aliphatic heterocycles. The van der Waals surface area contributed by atoms with Gasteiger partial charge >= 0.3 is 0 Å². The van der Waals surface area contributed by atoms with Crippen LogP contribution in [-0.2, 0) is 11.3 Å². The minimum Gasteiger partial charge on any atom is -0.347 e. The molecule has 3 rings (SSSR count). The lowest BCUT2D eigenvalue weighted by molar-refractivity contribution is -0.129. The van der Waals surface area contributed by atoms with Crippen LogP contribution in [0.2, 0.25) is 0 Å². The number of aromatic nitrogens is 3. The fourth-order valence-corrected chi connectivity index (χ4v) is 2.53. The molecule has 0 fully saturated rings. The van der Waals surface area contributed by atoms with Crippen LogP contribution >= 0.6 is 0 Å². The summed E-state index contributed by atoms with van der Waals surface area (Å²) in [5.41, 5.74) is 3.74. The first-order chi connectivity index (χ1) is 12.0. The number of hydrogen-bond acceptors (Lipinski definition) is 3. The van der Waals surface area contributed by atoms with Gasteiger partial charge in [-0.2, -0.15) is 0 Å². The number of carbonyl (C=O) groups is 1. The van der Waals surface area contributed by atoms with Gasteiger partial charge in [0.1, 0.15) is 12.4 Å². The van der Waals surface area contributed by atoms with Gasteiger partial charge in [-0.3, -0.25) is 9.78 Å². The molecule has 0 saturated carbocycles. The Morgan fingerprint density at radius 3 is 2.36 bits per heavy atom. The Hall–Kier alpha value is -3.15. The van der Waals surface area contributed by atoms with Crippen molar-refractivity contribution >= 4 is 5.91 Å². The molecule has 0 unspecified atom stereocenters. The molecule has 1 amide bonds. The fourth-order valence-electron chi connectivity index (χ4n) is 2.53. The average Bonchev–Trinajstić information content (AvgIpc) is 2.92. The number of pyridine rings is 1. The quantitative estimate of drug-likeness (QED) is 0.688. The summed E-state index contributed by atoms with van der Waals surface area (Å²) in [6.45, 7) is 4.20. The van der Waals surface area contributed by atoms with E-state index in [1.165, 1.54) is 17.0 Å². The molecule has 3 aromatic rings. The number of amides is 1. The number of nitrogens with zero attached hydrogens (tertiary/aromatic N) is 4. The second-order valence-electron chi connectivity index (χ2n) is 5.86. The molecule has 0 saturated heterocycles. The lowest BCUT2D eigenvalue weighted by Crippen LogP contribution is -2.27. The first-order valence-corrected chi connectivity index (χ1v) is 7.76. The fraction of sp³-hybridized carbons (Fsp3) is 0.158. The summed E-state index contributed by atoms with van der Waals surface area (Å²) in [7, 11) is 3.39. The van der Waals surface area contributed by atoms with Crippen LogP contribution in [0.15, 0.2) is 48.8 Å². The Kier molecular flexibility index (Phi) is 4.52. The third-order valence-electron chi connectivity index (χ3n) is 3.93. The van der Waals surface area contributed by atoms with Gasteiger partial charge in [0.05, 0.1) is 12.5 Å². The highest BCUT2D eigenvalue weighted by Gasteiger charge is 2.27. The molecule has 0 spiro atoms. The second-order valence-corrected chi connectivity index (χ2v) is 5.86. The molecule has 2 heterocycles. The van der Waals surface area contributed by atoms with Crippen molar-refractivity contribution in [2.24, 2.45) is 0 Å². The molecule has 2 aromatic heterocycles. The van der Waals surface area contributed by atoms with E-state index < -0.39 is 0 Å². The van der Waals surface area contributed by atoms with Crippen LogP contribution in [0.5, 0.6) is 0 Å². The van der Waals surface area contributed by atoms with Gasteiger partial charge in [-0.1, -0.05) is 0 Å². The zero-order valence-corrected chi connectivity index (χ0v) is 14.1. The van der Waals surface area contributed by atoms with Crippen molar-refractivity contribution in [3.05, 3.63) is 67.2 Å². The molecule has 0 bridgehead atoms. The third kappa shape index (κ3) is 3.38. The second kappa shape index (κ2) is 6.76. The van der Waals surface area contributed by atoms with Crippen LogP contribution in [0.25, 0.3) is 22.4 Å². The molecule has 0 radical (unpaired) electrons. The van der Waals surface area contributed by atoms with Crippen molar-refractivity contribution in [1.82, 2.24) is 19.7 Å². The summed E-state index contributed by atoms with van der Waals surface area (Å²) in [4.78, 5) is 17.6. The van der Waals surface area contributed by atoms with E-state index in [1.54, 1.807) is 43.3 Å². The molecule has 1 aromatic carbocycles. The maximum atomic E-state index is 13.3. The SMILES string of the molecule is [CH2+]c1c(-c2ccncc2)c(-c2ccc(F)cc2)nn1CC(=O)N(C)C. The largest absolute Gasteiger partial charge is 0.347 e. The first-order valence-electron chi connectivity index (χ1n) is 7.76. The highest BCUT2D eigenvalue weighted by atomic mass is 19.1. The summed E-state index contributed by atoms with van der Waals surface area (Å²) < 4.78 is 14.9. The van der Waals surface area contributed by atoms with E-state index in [-0.39, 0.29) is 18.3 Å². The van der Waals surface area contributed by atoms with Crippen LogP contribution in [0.3, 0.4) is 0 Å². The lowest BCUT2D eigenvalue weighted by atomic mass is 10.0. The monoisotopic (exact) mass is 337 g/mol. The number of halogens is 1. The van der Waals surface area contributed by atoms with Crippen molar-refractivity contribution in [3.63, 3.8) is 0 Å². The van der Waals surface area contributed by atoms with Crippen LogP contribution in [0, 0.1) is 12.7 Å². The Morgan fingerprint density at radius 2 is 1.76 bits per heavy atom. The van der Waals surface area contributed by atoms with Gasteiger partial charge in [-0.05, 0) is 36.4 Å². The Labute approximate surface area is 145 Å². The van der Waals surface area contributed by atoms with E-state index in [4.69, 9.17) is 0 Å². The summed E-state index contributed by atoms with van der Waals surface area (Å²) in [6, 6.07) is 9.82. The number of hydrogen-bond donors (Lipinski definition) is 0. The molecule has 0 aliphatic rings. The van der Waals surface area contributed by atoms with Crippen LogP contribution < -0.4 is 0 Å². The number of benzene rings is 1. The van der Waals surface area contributed by atoms with E-state index in [2.05, 4.69) is 17.0 Å². The van der Waals surface area contributed by atoms with Gasteiger partial charge in [0, 0.05) is 32.1 Å². The van der Waals surface area contributed by atoms with Crippen LogP contribution in [0.1, 0.15) is 5.69 Å². The Bertz CT molecular complexity index is 886. The smallest absolute Gasteiger partial charge is 0.243 e. The van der Waals surface area contributed by atoms with Gasteiger partial charge in [0.25, 0.3) is 0 Å². The number of carbonyl (C=O) groups excluding carboxylic acids is 1. The van der Waals surface area contributed by atoms with Gasteiger partial charge < -0.3 is 4.90 Å². The van der Waals surface area contributed by atoms with E-state index in [0.29, 0.717) is 11.4 Å². The van der Waals surface area contributed by atoms with E-state index >= 15 is 0 Å². The maximum absolute atomic E-state index is 13.3. The average molecular weight is 337 g/mol. The molecule has 6 heteroatoms. The summed E-state index contributed by atoms with van der Waals surface area (Å²) in [5, 5.41) is 4.57. The van der Waals surface area contributed by atoms with Crippen molar-refractivity contribution in [3.8, 4) is 22.4 Å². The predicted octanol–water partition coefficient (Wildman–Crippen LogP) is 3.02. The number of rotatable bonds is 4. The zero-order chi connectivity index (χ0) is 18.0. The highest BCUT2D eigenvalue weighted by Crippen LogP contribution is 2.34. The minimum absolute atomic E-state index is 0.0839. The van der Waals surface area contributed by atoms with Gasteiger partial charge in [0.2, 0.25) is 11.6 Å². The zero-order valence-electron chi connectivity index (χ0n) is 14.1. The van der Waals surface area contributed by atoms with Gasteiger partial charge in [-0.15, -0.1) is 5.10 Å². The summed E-state index contributed by atoms with van der Waals surface area (Å²) >= 11 is 0. The number of likely N-dealkylation sites (N-methyl/N-ethyl adjacent to an activating group) is 1.